The van der Waals surface area contributed by atoms with Gasteiger partial charge >= 0.3 is 12.0 Å². The van der Waals surface area contributed by atoms with Gasteiger partial charge in [-0.05, 0) is 111 Å². The van der Waals surface area contributed by atoms with Crippen molar-refractivity contribution in [1.82, 2.24) is 40.3 Å². The number of hydrogen-bond donors (Lipinski definition) is 3. The fraction of sp³-hybridized carbons (Fsp3) is 0.500. The lowest BCUT2D eigenvalue weighted by atomic mass is 9.65. The first-order valence-electron chi connectivity index (χ1n) is 26.2. The molecule has 5 aliphatic heterocycles. The van der Waals surface area contributed by atoms with Gasteiger partial charge in [0.25, 0.3) is 5.91 Å². The van der Waals surface area contributed by atoms with E-state index >= 15 is 8.78 Å². The van der Waals surface area contributed by atoms with Crippen molar-refractivity contribution in [1.29, 1.82) is 0 Å². The number of phenols is 1. The number of urea groups is 1. The van der Waals surface area contributed by atoms with Crippen LogP contribution in [0.15, 0.2) is 48.7 Å². The molecular weight excluding hydrogens is 947 g/mol. The Hall–Kier alpha value is -6.52. The van der Waals surface area contributed by atoms with Gasteiger partial charge in [-0.15, -0.1) is 6.42 Å². The summed E-state index contributed by atoms with van der Waals surface area (Å²) in [5.74, 6) is 1.72. The van der Waals surface area contributed by atoms with Gasteiger partial charge in [0, 0.05) is 126 Å². The van der Waals surface area contributed by atoms with Gasteiger partial charge in [-0.25, -0.2) is 13.6 Å². The van der Waals surface area contributed by atoms with E-state index in [-0.39, 0.29) is 87.9 Å². The number of benzene rings is 3. The Kier molecular flexibility index (Phi) is 13.9. The molecule has 16 nitrogen and oxygen atoms in total. The second kappa shape index (κ2) is 20.7. The molecule has 3 aromatic carbocycles. The highest BCUT2D eigenvalue weighted by Gasteiger charge is 2.40. The number of carbonyl (C=O) groups excluding carboxylic acids is 3. The maximum Gasteiger partial charge on any atom is 0.328 e. The summed E-state index contributed by atoms with van der Waals surface area (Å²) in [6.07, 6.45) is 16.0. The van der Waals surface area contributed by atoms with E-state index in [0.29, 0.717) is 59.9 Å². The van der Waals surface area contributed by atoms with Crippen molar-refractivity contribution in [3.8, 4) is 35.4 Å². The number of imide groups is 1. The Bertz CT molecular complexity index is 3020. The van der Waals surface area contributed by atoms with Crippen molar-refractivity contribution in [3.63, 3.8) is 0 Å². The van der Waals surface area contributed by atoms with E-state index < -0.39 is 17.7 Å². The Labute approximate surface area is 429 Å². The Morgan fingerprint density at radius 3 is 2.39 bits per heavy atom. The van der Waals surface area contributed by atoms with Gasteiger partial charge in [0.1, 0.15) is 41.3 Å². The molecule has 0 radical (unpaired) electrons. The number of likely N-dealkylation sites (tertiary alicyclic amines) is 1. The SMILES string of the molecule is C#Cc1c(F)ccc2cc(O)cc(-c3ncc4c(N5CC6CCC(C5)N6)nc(OC[C@H](CN5CCN(CC6CCC7(CC6)CCN(C(=O)c6ccc(C)c(N8CCC(=O)NC8=O)c6)CC7)CC5)OC)nc4c3F)c12. The lowest BCUT2D eigenvalue weighted by Gasteiger charge is -2.47. The molecule has 6 fully saturated rings. The number of fused-ring (bicyclic) bond motifs is 4. The standard InChI is InChI=1S/C56H64F2N10O6/c1-4-42-45(57)10-7-36-25-40(69)27-43(48(36)42)50-49(58)51-44(28-59-50)52(67-30-38-8-9-39(31-67)60-38)63-54(62-51)74-33-41(73-3)32-65-23-21-64(22-24-65)29-35-11-14-56(15-12-35)16-19-66(20-17-56)53(71)37-6-5-34(2)46(26-37)68-18-13-47(70)61-55(68)72/h1,5-7,10,25-28,35,38-39,41,60,69H,8-9,11-24,29-33H2,2-3H3,(H,61,70,72)/t38?,39?,41-/m0/s1. The van der Waals surface area contributed by atoms with Crippen LogP contribution in [0, 0.1) is 42.2 Å². The fourth-order valence-electron chi connectivity index (χ4n) is 12.6. The normalized spacial score (nSPS) is 22.1. The van der Waals surface area contributed by atoms with Crippen LogP contribution in [0.2, 0.25) is 0 Å². The quantitative estimate of drug-likeness (QED) is 0.114. The molecule has 4 amide bonds. The molecule has 3 N–H and O–H groups in total. The number of pyridine rings is 1. The number of piperidine rings is 1. The van der Waals surface area contributed by atoms with Crippen molar-refractivity contribution < 1.29 is 37.7 Å². The van der Waals surface area contributed by atoms with Crippen LogP contribution in [0.5, 0.6) is 11.8 Å². The number of aryl methyl sites for hydroxylation is 1. The van der Waals surface area contributed by atoms with E-state index in [9.17, 15) is 19.5 Å². The van der Waals surface area contributed by atoms with Crippen molar-refractivity contribution in [2.75, 3.05) is 95.5 Å². The number of terminal acetylenes is 1. The van der Waals surface area contributed by atoms with Crippen LogP contribution in [-0.4, -0.2) is 157 Å². The molecule has 6 aliphatic rings. The minimum absolute atomic E-state index is 0.00609. The van der Waals surface area contributed by atoms with Crippen LogP contribution in [0.1, 0.15) is 79.3 Å². The van der Waals surface area contributed by atoms with Gasteiger partial charge in [-0.3, -0.25) is 29.7 Å². The lowest BCUT2D eigenvalue weighted by molar-refractivity contribution is -0.120. The number of piperazine rings is 2. The molecule has 7 heterocycles. The number of ether oxygens (including phenoxy) is 2. The van der Waals surface area contributed by atoms with E-state index in [0.717, 1.165) is 77.1 Å². The summed E-state index contributed by atoms with van der Waals surface area (Å²) >= 11 is 0. The summed E-state index contributed by atoms with van der Waals surface area (Å²) in [6.45, 7) is 10.6. The first-order valence-corrected chi connectivity index (χ1v) is 26.2. The number of carbonyl (C=O) groups is 3. The second-order valence-corrected chi connectivity index (χ2v) is 21.5. The second-order valence-electron chi connectivity index (χ2n) is 21.5. The lowest BCUT2D eigenvalue weighted by Crippen LogP contribution is -2.51. The third kappa shape index (κ3) is 9.94. The fourth-order valence-corrected chi connectivity index (χ4v) is 12.6. The highest BCUT2D eigenvalue weighted by molar-refractivity contribution is 6.07. The van der Waals surface area contributed by atoms with Crippen LogP contribution >= 0.6 is 0 Å². The molecule has 18 heteroatoms. The molecule has 2 bridgehead atoms. The molecule has 388 valence electrons. The summed E-state index contributed by atoms with van der Waals surface area (Å²) in [7, 11) is 1.67. The summed E-state index contributed by atoms with van der Waals surface area (Å²) in [4.78, 5) is 62.8. The summed E-state index contributed by atoms with van der Waals surface area (Å²) in [5.41, 5.74) is 2.34. The van der Waals surface area contributed by atoms with Crippen molar-refractivity contribution in [2.45, 2.75) is 82.9 Å². The molecule has 2 unspecified atom stereocenters. The largest absolute Gasteiger partial charge is 0.508 e. The number of phenolic OH excluding ortho intramolecular Hbond substituents is 1. The molecule has 2 aromatic heterocycles. The van der Waals surface area contributed by atoms with Crippen LogP contribution in [-0.2, 0) is 9.53 Å². The summed E-state index contributed by atoms with van der Waals surface area (Å²) in [5, 5.41) is 17.9. The van der Waals surface area contributed by atoms with Gasteiger partial charge in [0.05, 0.1) is 10.9 Å². The van der Waals surface area contributed by atoms with Crippen molar-refractivity contribution in [3.05, 3.63) is 77.0 Å². The van der Waals surface area contributed by atoms with Crippen LogP contribution in [0.4, 0.5) is 25.1 Å². The summed E-state index contributed by atoms with van der Waals surface area (Å²) < 4.78 is 44.4. The average Bonchev–Trinajstić information content (AvgIpc) is 3.75. The topological polar surface area (TPSA) is 169 Å². The molecule has 1 spiro atoms. The first-order chi connectivity index (χ1) is 35.8. The van der Waals surface area contributed by atoms with Gasteiger partial charge < -0.3 is 34.6 Å². The first kappa shape index (κ1) is 49.7. The van der Waals surface area contributed by atoms with Gasteiger partial charge in [0.2, 0.25) is 5.91 Å². The predicted octanol–water partition coefficient (Wildman–Crippen LogP) is 6.63. The number of nitrogens with one attached hydrogen (secondary N) is 2. The number of aromatic nitrogens is 3. The molecule has 1 aliphatic carbocycles. The predicted molar refractivity (Wildman–Crippen MR) is 277 cm³/mol. The van der Waals surface area contributed by atoms with E-state index in [1.807, 2.05) is 24.0 Å². The Morgan fingerprint density at radius 2 is 1.68 bits per heavy atom. The third-order valence-corrected chi connectivity index (χ3v) is 16.9. The van der Waals surface area contributed by atoms with E-state index in [1.165, 1.54) is 56.1 Å². The number of rotatable bonds is 12. The van der Waals surface area contributed by atoms with Crippen LogP contribution < -0.4 is 25.2 Å². The average molecular weight is 1010 g/mol. The number of aromatic hydroxyl groups is 1. The van der Waals surface area contributed by atoms with E-state index in [2.05, 4.69) is 41.2 Å². The summed E-state index contributed by atoms with van der Waals surface area (Å²) in [6, 6.07) is 11.1. The Balaban J connectivity index is 0.692. The van der Waals surface area contributed by atoms with Gasteiger partial charge in [-0.2, -0.15) is 9.97 Å². The third-order valence-electron chi connectivity index (χ3n) is 16.9. The zero-order valence-corrected chi connectivity index (χ0v) is 42.2. The smallest absolute Gasteiger partial charge is 0.328 e. The Morgan fingerprint density at radius 1 is 0.932 bits per heavy atom. The number of methoxy groups -OCH3 is 1. The molecule has 3 atom stereocenters. The molecular formula is C56H64F2N10O6. The van der Waals surface area contributed by atoms with Crippen molar-refractivity contribution in [2.24, 2.45) is 11.3 Å². The molecule has 74 heavy (non-hydrogen) atoms. The number of anilines is 2. The molecule has 1 saturated carbocycles. The number of nitrogens with zero attached hydrogens (tertiary/aromatic N) is 8. The van der Waals surface area contributed by atoms with Gasteiger partial charge in [0.15, 0.2) is 5.82 Å². The monoisotopic (exact) mass is 1010 g/mol. The van der Waals surface area contributed by atoms with E-state index in [4.69, 9.17) is 20.9 Å². The van der Waals surface area contributed by atoms with Crippen LogP contribution in [0.3, 0.4) is 0 Å². The molecule has 5 saturated heterocycles. The molecule has 11 rings (SSSR count). The van der Waals surface area contributed by atoms with Crippen LogP contribution in [0.25, 0.3) is 32.9 Å². The van der Waals surface area contributed by atoms with Gasteiger partial charge in [-0.1, -0.05) is 18.1 Å². The highest BCUT2D eigenvalue weighted by atomic mass is 19.1. The number of amides is 4. The van der Waals surface area contributed by atoms with Crippen molar-refractivity contribution >= 4 is 51.0 Å². The number of hydrogen-bond acceptors (Lipinski definition) is 13. The zero-order chi connectivity index (χ0) is 51.3. The highest BCUT2D eigenvalue weighted by Crippen LogP contribution is 2.47. The maximum absolute atomic E-state index is 17.1. The number of halogens is 2. The minimum Gasteiger partial charge on any atom is -0.508 e. The minimum atomic E-state index is -0.765. The molecule has 5 aromatic rings. The maximum atomic E-state index is 17.1. The zero-order valence-electron chi connectivity index (χ0n) is 42.2. The van der Waals surface area contributed by atoms with E-state index in [1.54, 1.807) is 18.1 Å².